The molecule has 0 fully saturated rings. The van der Waals surface area contributed by atoms with Crippen LogP contribution < -0.4 is 4.74 Å². The number of hydrogen-bond donors (Lipinski definition) is 0. The standard InChI is InChI=1S/C20H18N2O3S/c1-12(2)11-25-17-8-7-13(9-14(17)10-21)19-22-16-6-4-5-15(18(16)26-19)20(23)24-3/h4-9,12H,11H2,1-3H3. The van der Waals surface area contributed by atoms with Crippen molar-refractivity contribution in [1.29, 1.82) is 5.26 Å². The second-order valence-corrected chi connectivity index (χ2v) is 7.19. The van der Waals surface area contributed by atoms with Gasteiger partial charge in [-0.25, -0.2) is 9.78 Å². The highest BCUT2D eigenvalue weighted by Gasteiger charge is 2.16. The second-order valence-electron chi connectivity index (χ2n) is 6.19. The van der Waals surface area contributed by atoms with Gasteiger partial charge in [-0.15, -0.1) is 11.3 Å². The van der Waals surface area contributed by atoms with Crippen LogP contribution in [-0.4, -0.2) is 24.7 Å². The fraction of sp³-hybridized carbons (Fsp3) is 0.250. The predicted octanol–water partition coefficient (Wildman–Crippen LogP) is 4.66. The van der Waals surface area contributed by atoms with Crippen LogP contribution in [-0.2, 0) is 4.74 Å². The number of carbonyl (C=O) groups is 1. The van der Waals surface area contributed by atoms with Gasteiger partial charge < -0.3 is 9.47 Å². The van der Waals surface area contributed by atoms with Crippen molar-refractivity contribution in [2.75, 3.05) is 13.7 Å². The zero-order valence-electron chi connectivity index (χ0n) is 14.8. The molecule has 26 heavy (non-hydrogen) atoms. The normalized spacial score (nSPS) is 10.7. The first-order valence-electron chi connectivity index (χ1n) is 8.18. The summed E-state index contributed by atoms with van der Waals surface area (Å²) in [7, 11) is 1.36. The Bertz CT molecular complexity index is 1000. The molecule has 0 N–H and O–H groups in total. The molecule has 0 saturated carbocycles. The number of thiazole rings is 1. The van der Waals surface area contributed by atoms with Gasteiger partial charge in [0.1, 0.15) is 16.8 Å². The van der Waals surface area contributed by atoms with E-state index >= 15 is 0 Å². The lowest BCUT2D eigenvalue weighted by atomic mass is 10.1. The topological polar surface area (TPSA) is 72.2 Å². The second kappa shape index (κ2) is 7.54. The van der Waals surface area contributed by atoms with Gasteiger partial charge in [0.15, 0.2) is 0 Å². The van der Waals surface area contributed by atoms with Gasteiger partial charge in [-0.2, -0.15) is 5.26 Å². The number of rotatable bonds is 5. The van der Waals surface area contributed by atoms with Crippen LogP contribution in [0.25, 0.3) is 20.8 Å². The van der Waals surface area contributed by atoms with Gasteiger partial charge in [0.2, 0.25) is 0 Å². The Balaban J connectivity index is 2.01. The molecule has 0 atom stereocenters. The summed E-state index contributed by atoms with van der Waals surface area (Å²) in [5.41, 5.74) is 2.50. The average molecular weight is 366 g/mol. The van der Waals surface area contributed by atoms with Crippen molar-refractivity contribution in [2.45, 2.75) is 13.8 Å². The van der Waals surface area contributed by atoms with Gasteiger partial charge in [0.05, 0.1) is 35.1 Å². The molecule has 3 rings (SSSR count). The van der Waals surface area contributed by atoms with E-state index in [0.29, 0.717) is 29.4 Å². The molecule has 3 aromatic rings. The molecule has 132 valence electrons. The number of esters is 1. The van der Waals surface area contributed by atoms with E-state index in [1.807, 2.05) is 12.1 Å². The Kier molecular flexibility index (Phi) is 5.19. The zero-order valence-corrected chi connectivity index (χ0v) is 15.6. The molecule has 0 aliphatic heterocycles. The number of ether oxygens (including phenoxy) is 2. The van der Waals surface area contributed by atoms with Gasteiger partial charge in [0.25, 0.3) is 0 Å². The van der Waals surface area contributed by atoms with Crippen LogP contribution >= 0.6 is 11.3 Å². The maximum Gasteiger partial charge on any atom is 0.339 e. The van der Waals surface area contributed by atoms with Crippen molar-refractivity contribution in [1.82, 2.24) is 4.98 Å². The van der Waals surface area contributed by atoms with Crippen molar-refractivity contribution in [2.24, 2.45) is 5.92 Å². The van der Waals surface area contributed by atoms with E-state index in [0.717, 1.165) is 20.8 Å². The van der Waals surface area contributed by atoms with Gasteiger partial charge in [-0.1, -0.05) is 19.9 Å². The van der Waals surface area contributed by atoms with Gasteiger partial charge in [-0.3, -0.25) is 0 Å². The molecule has 1 aromatic heterocycles. The first-order valence-corrected chi connectivity index (χ1v) is 9.00. The molecule has 0 aliphatic rings. The van der Waals surface area contributed by atoms with E-state index in [-0.39, 0.29) is 5.97 Å². The lowest BCUT2D eigenvalue weighted by Crippen LogP contribution is -2.05. The SMILES string of the molecule is COC(=O)c1cccc2nc(-c3ccc(OCC(C)C)c(C#N)c3)sc12. The molecular weight excluding hydrogens is 348 g/mol. The van der Waals surface area contributed by atoms with E-state index in [2.05, 4.69) is 24.9 Å². The minimum Gasteiger partial charge on any atom is -0.492 e. The molecule has 6 heteroatoms. The Morgan fingerprint density at radius 2 is 2.12 bits per heavy atom. The average Bonchev–Trinajstić information content (AvgIpc) is 3.09. The maximum absolute atomic E-state index is 11.9. The summed E-state index contributed by atoms with van der Waals surface area (Å²) in [4.78, 5) is 16.5. The van der Waals surface area contributed by atoms with Crippen LogP contribution in [0, 0.1) is 17.2 Å². The van der Waals surface area contributed by atoms with Crippen LogP contribution in [0.3, 0.4) is 0 Å². The number of fused-ring (bicyclic) bond motifs is 1. The van der Waals surface area contributed by atoms with E-state index in [1.165, 1.54) is 18.4 Å². The number of nitriles is 1. The number of benzene rings is 2. The first kappa shape index (κ1) is 17.9. The summed E-state index contributed by atoms with van der Waals surface area (Å²) in [5.74, 6) is 0.560. The molecule has 2 aromatic carbocycles. The third-order valence-electron chi connectivity index (χ3n) is 3.74. The Morgan fingerprint density at radius 1 is 1.31 bits per heavy atom. The van der Waals surface area contributed by atoms with Crippen molar-refractivity contribution in [3.63, 3.8) is 0 Å². The van der Waals surface area contributed by atoms with E-state index in [9.17, 15) is 10.1 Å². The molecule has 0 spiro atoms. The molecule has 0 saturated heterocycles. The largest absolute Gasteiger partial charge is 0.492 e. The third-order valence-corrected chi connectivity index (χ3v) is 4.89. The summed E-state index contributed by atoms with van der Waals surface area (Å²) >= 11 is 1.40. The Morgan fingerprint density at radius 3 is 2.81 bits per heavy atom. The van der Waals surface area contributed by atoms with Crippen molar-refractivity contribution >= 4 is 27.5 Å². The van der Waals surface area contributed by atoms with Crippen LogP contribution in [0.1, 0.15) is 29.8 Å². The van der Waals surface area contributed by atoms with E-state index < -0.39 is 0 Å². The maximum atomic E-state index is 11.9. The number of nitrogens with zero attached hydrogens (tertiary/aromatic N) is 2. The summed E-state index contributed by atoms with van der Waals surface area (Å²) in [6, 6.07) is 13.0. The molecular formula is C20H18N2O3S. The molecule has 0 amide bonds. The molecule has 0 aliphatic carbocycles. The van der Waals surface area contributed by atoms with Crippen LogP contribution in [0.2, 0.25) is 0 Å². The van der Waals surface area contributed by atoms with Crippen LogP contribution in [0.15, 0.2) is 36.4 Å². The summed E-state index contributed by atoms with van der Waals surface area (Å²) in [5, 5.41) is 10.2. The fourth-order valence-corrected chi connectivity index (χ4v) is 3.54. The quantitative estimate of drug-likeness (QED) is 0.614. The fourth-order valence-electron chi connectivity index (χ4n) is 2.48. The monoisotopic (exact) mass is 366 g/mol. The molecule has 0 unspecified atom stereocenters. The number of hydrogen-bond acceptors (Lipinski definition) is 6. The minimum absolute atomic E-state index is 0.377. The zero-order chi connectivity index (χ0) is 18.7. The van der Waals surface area contributed by atoms with E-state index in [1.54, 1.807) is 24.3 Å². The Labute approximate surface area is 155 Å². The van der Waals surface area contributed by atoms with E-state index in [4.69, 9.17) is 9.47 Å². The lowest BCUT2D eigenvalue weighted by molar-refractivity contribution is 0.0603. The minimum atomic E-state index is -0.388. The Hall–Kier alpha value is -2.91. The van der Waals surface area contributed by atoms with Gasteiger partial charge in [0, 0.05) is 5.56 Å². The molecule has 5 nitrogen and oxygen atoms in total. The lowest BCUT2D eigenvalue weighted by Gasteiger charge is -2.10. The van der Waals surface area contributed by atoms with Crippen LogP contribution in [0.4, 0.5) is 0 Å². The first-order chi connectivity index (χ1) is 12.5. The van der Waals surface area contributed by atoms with Gasteiger partial charge in [-0.05, 0) is 36.2 Å². The molecule has 1 heterocycles. The van der Waals surface area contributed by atoms with Crippen molar-refractivity contribution in [3.05, 3.63) is 47.5 Å². The van der Waals surface area contributed by atoms with Crippen molar-refractivity contribution < 1.29 is 14.3 Å². The van der Waals surface area contributed by atoms with Gasteiger partial charge >= 0.3 is 5.97 Å². The third kappa shape index (κ3) is 3.53. The predicted molar refractivity (Wildman–Crippen MR) is 101 cm³/mol. The summed E-state index contributed by atoms with van der Waals surface area (Å²) in [6.45, 7) is 4.67. The summed E-state index contributed by atoms with van der Waals surface area (Å²) < 4.78 is 11.3. The highest BCUT2D eigenvalue weighted by Crippen LogP contribution is 2.34. The van der Waals surface area contributed by atoms with Crippen LogP contribution in [0.5, 0.6) is 5.75 Å². The summed E-state index contributed by atoms with van der Waals surface area (Å²) in [6.07, 6.45) is 0. The number of methoxy groups -OCH3 is 1. The smallest absolute Gasteiger partial charge is 0.339 e. The molecule has 0 radical (unpaired) electrons. The number of aromatic nitrogens is 1. The van der Waals surface area contributed by atoms with Crippen molar-refractivity contribution in [3.8, 4) is 22.4 Å². The molecule has 0 bridgehead atoms. The number of carbonyl (C=O) groups excluding carboxylic acids is 1. The highest BCUT2D eigenvalue weighted by molar-refractivity contribution is 7.22. The highest BCUT2D eigenvalue weighted by atomic mass is 32.1.